The van der Waals surface area contributed by atoms with Crippen LogP contribution in [0.5, 0.6) is 0 Å². The summed E-state index contributed by atoms with van der Waals surface area (Å²) in [6.07, 6.45) is 0.637. The highest BCUT2D eigenvalue weighted by Gasteiger charge is 2.34. The van der Waals surface area contributed by atoms with Gasteiger partial charge < -0.3 is 14.7 Å². The number of morpholine rings is 1. The van der Waals surface area contributed by atoms with Gasteiger partial charge in [0.1, 0.15) is 12.7 Å². The first-order valence-corrected chi connectivity index (χ1v) is 8.27. The van der Waals surface area contributed by atoms with E-state index < -0.39 is 22.2 Å². The predicted octanol–water partition coefficient (Wildman–Crippen LogP) is -0.0513. The summed E-state index contributed by atoms with van der Waals surface area (Å²) in [5.41, 5.74) is 1.22. The molecule has 0 bridgehead atoms. The van der Waals surface area contributed by atoms with E-state index in [0.717, 1.165) is 11.8 Å². The third-order valence-corrected chi connectivity index (χ3v) is 3.96. The molecule has 1 amide bonds. The van der Waals surface area contributed by atoms with Crippen LogP contribution in [-0.4, -0.2) is 56.9 Å². The summed E-state index contributed by atoms with van der Waals surface area (Å²) in [4.78, 5) is 13.0. The number of aliphatic hydroxyl groups is 1. The number of sulfonamides is 1. The lowest BCUT2D eigenvalue weighted by molar-refractivity contribution is -0.157. The van der Waals surface area contributed by atoms with Gasteiger partial charge in [-0.15, -0.1) is 0 Å². The van der Waals surface area contributed by atoms with Gasteiger partial charge in [-0.25, -0.2) is 8.42 Å². The summed E-state index contributed by atoms with van der Waals surface area (Å²) in [6, 6.07) is 6.20. The van der Waals surface area contributed by atoms with Crippen molar-refractivity contribution in [3.8, 4) is 0 Å². The van der Waals surface area contributed by atoms with Crippen molar-refractivity contribution in [1.29, 1.82) is 0 Å². The molecule has 0 spiro atoms. The number of nitrogens with zero attached hydrogens (tertiary/aromatic N) is 1. The normalized spacial score (nSPS) is 23.2. The Morgan fingerprint density at radius 2 is 2.00 bits per heavy atom. The van der Waals surface area contributed by atoms with Gasteiger partial charge in [-0.1, -0.05) is 12.1 Å². The Labute approximate surface area is 123 Å². The van der Waals surface area contributed by atoms with Gasteiger partial charge in [0.05, 0.1) is 18.9 Å². The number of aliphatic hydroxyl groups excluding tert-OH is 1. The van der Waals surface area contributed by atoms with E-state index in [1.165, 1.54) is 4.90 Å². The monoisotopic (exact) mass is 314 g/mol. The minimum absolute atomic E-state index is 0.0407. The van der Waals surface area contributed by atoms with Crippen molar-refractivity contribution in [3.05, 3.63) is 29.8 Å². The number of amides is 1. The van der Waals surface area contributed by atoms with E-state index >= 15 is 0 Å². The van der Waals surface area contributed by atoms with Crippen molar-refractivity contribution in [2.24, 2.45) is 0 Å². The van der Waals surface area contributed by atoms with Crippen LogP contribution >= 0.6 is 0 Å². The van der Waals surface area contributed by atoms with E-state index in [9.17, 15) is 18.3 Å². The number of rotatable bonds is 4. The molecular weight excluding hydrogens is 296 g/mol. The molecule has 0 radical (unpaired) electrons. The van der Waals surface area contributed by atoms with Crippen LogP contribution < -0.4 is 4.72 Å². The fourth-order valence-electron chi connectivity index (χ4n) is 2.25. The molecule has 8 heteroatoms. The molecule has 2 atom stereocenters. The van der Waals surface area contributed by atoms with Crippen LogP contribution in [-0.2, 0) is 19.6 Å². The van der Waals surface area contributed by atoms with Crippen molar-refractivity contribution in [3.63, 3.8) is 0 Å². The Morgan fingerprint density at radius 1 is 1.38 bits per heavy atom. The molecule has 1 saturated heterocycles. The van der Waals surface area contributed by atoms with Gasteiger partial charge in [0.15, 0.2) is 0 Å². The topological polar surface area (TPSA) is 95.9 Å². The molecule has 21 heavy (non-hydrogen) atoms. The number of hydrogen-bond acceptors (Lipinski definition) is 5. The number of carbonyl (C=O) groups is 1. The molecule has 1 heterocycles. The van der Waals surface area contributed by atoms with Gasteiger partial charge in [0, 0.05) is 12.7 Å². The van der Waals surface area contributed by atoms with Crippen molar-refractivity contribution < 1.29 is 23.1 Å². The van der Waals surface area contributed by atoms with Gasteiger partial charge in [0.2, 0.25) is 15.9 Å². The van der Waals surface area contributed by atoms with Crippen LogP contribution in [0.2, 0.25) is 0 Å². The number of hydrogen-bond donors (Lipinski definition) is 2. The zero-order chi connectivity index (χ0) is 15.6. The highest BCUT2D eigenvalue weighted by Crippen LogP contribution is 2.29. The molecule has 116 valence electrons. The van der Waals surface area contributed by atoms with Gasteiger partial charge in [0.25, 0.3) is 0 Å². The van der Waals surface area contributed by atoms with E-state index in [1.54, 1.807) is 31.3 Å². The first kappa shape index (κ1) is 15.7. The SMILES string of the molecule is CN1C(=O)COC(c2ccc(NS(C)(=O)=O)cc2)C1CO. The van der Waals surface area contributed by atoms with Crippen molar-refractivity contribution in [2.45, 2.75) is 12.1 Å². The lowest BCUT2D eigenvalue weighted by Gasteiger charge is -2.38. The number of ether oxygens (including phenoxy) is 1. The van der Waals surface area contributed by atoms with Crippen molar-refractivity contribution >= 4 is 21.6 Å². The summed E-state index contributed by atoms with van der Waals surface area (Å²) >= 11 is 0. The van der Waals surface area contributed by atoms with Crippen LogP contribution in [0, 0.1) is 0 Å². The number of likely N-dealkylation sites (N-methyl/N-ethyl adjacent to an activating group) is 1. The lowest BCUT2D eigenvalue weighted by Crippen LogP contribution is -2.50. The fraction of sp³-hybridized carbons (Fsp3) is 0.462. The second-order valence-corrected chi connectivity index (χ2v) is 6.73. The maximum Gasteiger partial charge on any atom is 0.248 e. The largest absolute Gasteiger partial charge is 0.394 e. The standard InChI is InChI=1S/C13H18N2O5S/c1-15-11(7-16)13(20-8-12(15)17)9-3-5-10(6-4-9)14-21(2,18)19/h3-6,11,13-14,16H,7-8H2,1-2H3. The molecular formula is C13H18N2O5S. The van der Waals surface area contributed by atoms with Gasteiger partial charge >= 0.3 is 0 Å². The van der Waals surface area contributed by atoms with Crippen LogP contribution in [0.15, 0.2) is 24.3 Å². The third kappa shape index (κ3) is 3.72. The van der Waals surface area contributed by atoms with Crippen LogP contribution in [0.4, 0.5) is 5.69 Å². The Balaban J connectivity index is 2.19. The molecule has 2 N–H and O–H groups in total. The van der Waals surface area contributed by atoms with E-state index in [2.05, 4.69) is 4.72 Å². The molecule has 1 aliphatic rings. The molecule has 1 aromatic rings. The van der Waals surface area contributed by atoms with E-state index in [1.807, 2.05) is 0 Å². The summed E-state index contributed by atoms with van der Waals surface area (Å²) in [6.45, 7) is -0.253. The summed E-state index contributed by atoms with van der Waals surface area (Å²) < 4.78 is 30.2. The first-order valence-electron chi connectivity index (χ1n) is 6.37. The molecule has 0 aromatic heterocycles. The highest BCUT2D eigenvalue weighted by molar-refractivity contribution is 7.92. The Hall–Kier alpha value is -1.64. The second kappa shape index (κ2) is 6.00. The predicted molar refractivity (Wildman–Crippen MR) is 77.2 cm³/mol. The second-order valence-electron chi connectivity index (χ2n) is 4.98. The smallest absolute Gasteiger partial charge is 0.248 e. The molecule has 2 unspecified atom stereocenters. The van der Waals surface area contributed by atoms with Crippen molar-refractivity contribution in [1.82, 2.24) is 4.90 Å². The summed E-state index contributed by atoms with van der Waals surface area (Å²) in [7, 11) is -1.70. The van der Waals surface area contributed by atoms with Gasteiger partial charge in [-0.3, -0.25) is 9.52 Å². The average Bonchev–Trinajstić information content (AvgIpc) is 2.41. The molecule has 1 aliphatic heterocycles. The zero-order valence-electron chi connectivity index (χ0n) is 11.8. The van der Waals surface area contributed by atoms with E-state index in [0.29, 0.717) is 5.69 Å². The highest BCUT2D eigenvalue weighted by atomic mass is 32.2. The Kier molecular flexibility index (Phi) is 4.50. The zero-order valence-corrected chi connectivity index (χ0v) is 12.6. The number of benzene rings is 1. The summed E-state index contributed by atoms with van der Waals surface area (Å²) in [5.74, 6) is -0.180. The minimum atomic E-state index is -3.32. The maximum atomic E-state index is 11.6. The number of carbonyl (C=O) groups excluding carboxylic acids is 1. The van der Waals surface area contributed by atoms with Crippen LogP contribution in [0.25, 0.3) is 0 Å². The fourth-order valence-corrected chi connectivity index (χ4v) is 2.82. The number of nitrogens with one attached hydrogen (secondary N) is 1. The van der Waals surface area contributed by atoms with E-state index in [-0.39, 0.29) is 19.1 Å². The lowest BCUT2D eigenvalue weighted by atomic mass is 10.00. The van der Waals surface area contributed by atoms with Crippen molar-refractivity contribution in [2.75, 3.05) is 31.2 Å². The molecule has 7 nitrogen and oxygen atoms in total. The molecule has 1 aromatic carbocycles. The molecule has 1 fully saturated rings. The van der Waals surface area contributed by atoms with Crippen LogP contribution in [0.1, 0.15) is 11.7 Å². The van der Waals surface area contributed by atoms with E-state index in [4.69, 9.17) is 4.74 Å². The first-order chi connectivity index (χ1) is 9.81. The van der Waals surface area contributed by atoms with Gasteiger partial charge in [-0.05, 0) is 17.7 Å². The quantitative estimate of drug-likeness (QED) is 0.812. The minimum Gasteiger partial charge on any atom is -0.394 e. The molecule has 0 saturated carbocycles. The average molecular weight is 314 g/mol. The maximum absolute atomic E-state index is 11.6. The van der Waals surface area contributed by atoms with Crippen LogP contribution in [0.3, 0.4) is 0 Å². The van der Waals surface area contributed by atoms with Gasteiger partial charge in [-0.2, -0.15) is 0 Å². The Morgan fingerprint density at radius 3 is 2.52 bits per heavy atom. The molecule has 0 aliphatic carbocycles. The number of anilines is 1. The molecule has 2 rings (SSSR count). The summed E-state index contributed by atoms with van der Waals surface area (Å²) in [5, 5.41) is 9.45. The third-order valence-electron chi connectivity index (χ3n) is 3.36. The Bertz CT molecular complexity index is 614.